The molecule has 1 rings (SSSR count). The lowest BCUT2D eigenvalue weighted by molar-refractivity contribution is -0.385. The van der Waals surface area contributed by atoms with Crippen molar-refractivity contribution >= 4 is 33.2 Å². The highest BCUT2D eigenvalue weighted by Gasteiger charge is 2.22. The van der Waals surface area contributed by atoms with Crippen molar-refractivity contribution in [3.8, 4) is 0 Å². The van der Waals surface area contributed by atoms with Gasteiger partial charge in [0.25, 0.3) is 5.69 Å². The minimum Gasteiger partial charge on any atom is -0.258 e. The standard InChI is InChI=1S/C6HBrClF2NO2/c7-4-5(8)3(11(12)13)1-2(9)6(4)10/h1H. The number of benzene rings is 1. The number of nitro groups is 1. The van der Waals surface area contributed by atoms with Gasteiger partial charge in [0.05, 0.1) is 15.5 Å². The van der Waals surface area contributed by atoms with E-state index in [-0.39, 0.29) is 0 Å². The van der Waals surface area contributed by atoms with Gasteiger partial charge in [-0.25, -0.2) is 8.78 Å². The Morgan fingerprint density at radius 3 is 2.54 bits per heavy atom. The molecule has 0 aliphatic rings. The summed E-state index contributed by atoms with van der Waals surface area (Å²) in [6.45, 7) is 0. The molecule has 0 saturated heterocycles. The summed E-state index contributed by atoms with van der Waals surface area (Å²) in [4.78, 5) is 9.36. The normalized spacial score (nSPS) is 10.2. The maximum Gasteiger partial charge on any atom is 0.292 e. The molecule has 0 unspecified atom stereocenters. The maximum absolute atomic E-state index is 12.7. The van der Waals surface area contributed by atoms with Gasteiger partial charge in [-0.2, -0.15) is 0 Å². The summed E-state index contributed by atoms with van der Waals surface area (Å²) in [5.74, 6) is -2.56. The Labute approximate surface area is 84.6 Å². The van der Waals surface area contributed by atoms with Gasteiger partial charge in [-0.15, -0.1) is 0 Å². The lowest BCUT2D eigenvalue weighted by Gasteiger charge is -2.00. The van der Waals surface area contributed by atoms with Crippen LogP contribution in [0, 0.1) is 21.7 Å². The van der Waals surface area contributed by atoms with E-state index in [4.69, 9.17) is 11.6 Å². The van der Waals surface area contributed by atoms with Gasteiger partial charge in [0.1, 0.15) is 5.02 Å². The summed E-state index contributed by atoms with van der Waals surface area (Å²) in [5.41, 5.74) is -0.674. The van der Waals surface area contributed by atoms with Crippen molar-refractivity contribution in [1.82, 2.24) is 0 Å². The van der Waals surface area contributed by atoms with E-state index < -0.39 is 31.7 Å². The third-order valence-corrected chi connectivity index (χ3v) is 2.64. The third kappa shape index (κ3) is 1.78. The SMILES string of the molecule is O=[N+]([O-])c1cc(F)c(F)c(Br)c1Cl. The average Bonchev–Trinajstić information content (AvgIpc) is 2.07. The van der Waals surface area contributed by atoms with Gasteiger partial charge in [0.2, 0.25) is 0 Å². The van der Waals surface area contributed by atoms with Gasteiger partial charge < -0.3 is 0 Å². The number of hydrogen-bond acceptors (Lipinski definition) is 2. The molecular formula is C6HBrClF2NO2. The second-order valence-electron chi connectivity index (χ2n) is 2.08. The minimum atomic E-state index is -1.32. The zero-order chi connectivity index (χ0) is 10.2. The van der Waals surface area contributed by atoms with Crippen LogP contribution in [-0.4, -0.2) is 4.92 Å². The summed E-state index contributed by atoms with van der Waals surface area (Å²) in [5, 5.41) is 9.79. The molecule has 3 nitrogen and oxygen atoms in total. The highest BCUT2D eigenvalue weighted by Crippen LogP contribution is 2.35. The number of hydrogen-bond donors (Lipinski definition) is 0. The zero-order valence-electron chi connectivity index (χ0n) is 5.85. The Kier molecular flexibility index (Phi) is 2.82. The lowest BCUT2D eigenvalue weighted by Crippen LogP contribution is -1.94. The van der Waals surface area contributed by atoms with E-state index >= 15 is 0 Å². The Balaban J connectivity index is 3.50. The quantitative estimate of drug-likeness (QED) is 0.341. The van der Waals surface area contributed by atoms with Crippen molar-refractivity contribution in [1.29, 1.82) is 0 Å². The molecule has 1 aromatic rings. The highest BCUT2D eigenvalue weighted by molar-refractivity contribution is 9.10. The summed E-state index contributed by atoms with van der Waals surface area (Å²) in [6, 6.07) is 0.433. The van der Waals surface area contributed by atoms with Gasteiger partial charge in [0.15, 0.2) is 11.6 Å². The Morgan fingerprint density at radius 1 is 1.54 bits per heavy atom. The van der Waals surface area contributed by atoms with Crippen LogP contribution >= 0.6 is 27.5 Å². The van der Waals surface area contributed by atoms with Gasteiger partial charge in [-0.3, -0.25) is 10.1 Å². The van der Waals surface area contributed by atoms with E-state index in [2.05, 4.69) is 15.9 Å². The number of halogens is 4. The highest BCUT2D eigenvalue weighted by atomic mass is 79.9. The first-order valence-electron chi connectivity index (χ1n) is 2.92. The molecule has 0 spiro atoms. The minimum absolute atomic E-state index is 0.433. The zero-order valence-corrected chi connectivity index (χ0v) is 8.19. The molecule has 0 radical (unpaired) electrons. The Bertz CT molecular complexity index is 385. The molecule has 7 heteroatoms. The van der Waals surface area contributed by atoms with E-state index in [1.807, 2.05) is 0 Å². The topological polar surface area (TPSA) is 43.1 Å². The van der Waals surface area contributed by atoms with E-state index in [9.17, 15) is 18.9 Å². The number of nitro benzene ring substituents is 1. The molecule has 0 atom stereocenters. The first-order valence-corrected chi connectivity index (χ1v) is 4.09. The molecule has 0 aliphatic carbocycles. The molecule has 0 saturated carbocycles. The Morgan fingerprint density at radius 2 is 2.08 bits per heavy atom. The molecule has 0 bridgehead atoms. The first-order chi connectivity index (χ1) is 5.95. The van der Waals surface area contributed by atoms with Crippen LogP contribution in [0.25, 0.3) is 0 Å². The van der Waals surface area contributed by atoms with Crippen LogP contribution in [0.1, 0.15) is 0 Å². The van der Waals surface area contributed by atoms with Gasteiger partial charge in [-0.1, -0.05) is 11.6 Å². The fraction of sp³-hybridized carbons (Fsp3) is 0. The molecule has 70 valence electrons. The van der Waals surface area contributed by atoms with Crippen molar-refractivity contribution in [3.05, 3.63) is 37.3 Å². The van der Waals surface area contributed by atoms with Gasteiger partial charge >= 0.3 is 0 Å². The third-order valence-electron chi connectivity index (χ3n) is 1.28. The monoisotopic (exact) mass is 271 g/mol. The van der Waals surface area contributed by atoms with Crippen LogP contribution in [0.4, 0.5) is 14.5 Å². The molecule has 0 N–H and O–H groups in total. The summed E-state index contributed by atoms with van der Waals surface area (Å²) in [7, 11) is 0. The second kappa shape index (κ2) is 3.55. The Hall–Kier alpha value is -0.750. The average molecular weight is 272 g/mol. The van der Waals surface area contributed by atoms with E-state index in [1.54, 1.807) is 0 Å². The summed E-state index contributed by atoms with van der Waals surface area (Å²) in [6.07, 6.45) is 0. The van der Waals surface area contributed by atoms with E-state index in [1.165, 1.54) is 0 Å². The van der Waals surface area contributed by atoms with Crippen molar-refractivity contribution in [2.45, 2.75) is 0 Å². The molecule has 0 amide bonds. The number of rotatable bonds is 1. The molecule has 13 heavy (non-hydrogen) atoms. The first kappa shape index (κ1) is 10.3. The van der Waals surface area contributed by atoms with Crippen LogP contribution < -0.4 is 0 Å². The van der Waals surface area contributed by atoms with E-state index in [0.717, 1.165) is 0 Å². The second-order valence-corrected chi connectivity index (χ2v) is 3.25. The molecule has 0 fully saturated rings. The van der Waals surface area contributed by atoms with Crippen molar-refractivity contribution in [2.24, 2.45) is 0 Å². The number of nitrogens with zero attached hydrogens (tertiary/aromatic N) is 1. The smallest absolute Gasteiger partial charge is 0.258 e. The van der Waals surface area contributed by atoms with Crippen LogP contribution in [0.15, 0.2) is 10.5 Å². The predicted octanol–water partition coefficient (Wildman–Crippen LogP) is 3.29. The van der Waals surface area contributed by atoms with Crippen molar-refractivity contribution in [3.63, 3.8) is 0 Å². The fourth-order valence-corrected chi connectivity index (χ4v) is 1.29. The van der Waals surface area contributed by atoms with E-state index in [0.29, 0.717) is 6.07 Å². The van der Waals surface area contributed by atoms with Crippen molar-refractivity contribution < 1.29 is 13.7 Å². The molecule has 1 aromatic carbocycles. The predicted molar refractivity (Wildman–Crippen MR) is 45.7 cm³/mol. The molecular weight excluding hydrogens is 271 g/mol. The molecule has 0 aliphatic heterocycles. The summed E-state index contributed by atoms with van der Waals surface area (Å²) >= 11 is 7.97. The van der Waals surface area contributed by atoms with Crippen molar-refractivity contribution in [2.75, 3.05) is 0 Å². The van der Waals surface area contributed by atoms with Crippen LogP contribution in [0.2, 0.25) is 5.02 Å². The lowest BCUT2D eigenvalue weighted by atomic mass is 10.3. The largest absolute Gasteiger partial charge is 0.292 e. The van der Waals surface area contributed by atoms with Crippen LogP contribution in [-0.2, 0) is 0 Å². The van der Waals surface area contributed by atoms with Crippen LogP contribution in [0.5, 0.6) is 0 Å². The fourth-order valence-electron chi connectivity index (χ4n) is 0.693. The van der Waals surface area contributed by atoms with Gasteiger partial charge in [0, 0.05) is 0 Å². The molecule has 0 heterocycles. The maximum atomic E-state index is 12.7. The van der Waals surface area contributed by atoms with Crippen LogP contribution in [0.3, 0.4) is 0 Å². The van der Waals surface area contributed by atoms with Gasteiger partial charge in [-0.05, 0) is 15.9 Å². The molecule has 0 aromatic heterocycles. The summed E-state index contributed by atoms with van der Waals surface area (Å²) < 4.78 is 24.9.